The molecule has 0 heterocycles. The molecule has 1 rings (SSSR count). The van der Waals surface area contributed by atoms with E-state index < -0.39 is 20.4 Å². The van der Waals surface area contributed by atoms with Crippen LogP contribution in [0.1, 0.15) is 52.7 Å². The fraction of sp³-hybridized carbons (Fsp3) is 0.625. The van der Waals surface area contributed by atoms with Gasteiger partial charge in [0, 0.05) is 11.1 Å². The van der Waals surface area contributed by atoms with Crippen molar-refractivity contribution in [2.45, 2.75) is 58.2 Å². The number of para-hydroxylation sites is 1. The van der Waals surface area contributed by atoms with E-state index in [0.717, 1.165) is 11.1 Å². The van der Waals surface area contributed by atoms with Gasteiger partial charge in [0.1, 0.15) is 6.61 Å². The van der Waals surface area contributed by atoms with E-state index in [-0.39, 0.29) is 10.8 Å². The van der Waals surface area contributed by atoms with Gasteiger partial charge >= 0.3 is 7.94 Å². The minimum absolute atomic E-state index is 0.277. The van der Waals surface area contributed by atoms with Gasteiger partial charge in [0.25, 0.3) is 5.85 Å². The smallest absolute Gasteiger partial charge is 0.389 e. The molecule has 0 radical (unpaired) electrons. The lowest BCUT2D eigenvalue weighted by atomic mass is 9.80. The van der Waals surface area contributed by atoms with Crippen LogP contribution < -0.4 is 4.52 Å². The van der Waals surface area contributed by atoms with Crippen LogP contribution in [0.25, 0.3) is 0 Å². The molecule has 5 nitrogen and oxygen atoms in total. The highest BCUT2D eigenvalue weighted by Crippen LogP contribution is 2.57. The highest BCUT2D eigenvalue weighted by atomic mass is 31.2. The Kier molecular flexibility index (Phi) is 5.64. The van der Waals surface area contributed by atoms with Crippen LogP contribution in [0.3, 0.4) is 0 Å². The first kappa shape index (κ1) is 19.3. The van der Waals surface area contributed by atoms with Crippen molar-refractivity contribution in [3.05, 3.63) is 29.3 Å². The first-order chi connectivity index (χ1) is 9.80. The standard InChI is InChI=1S/C16H28O5P/c1-15(2,3)11-8-7-9-12(16(4,5)6)14(11)21-22(19,20)13(18)10-17/h7-9,13,17-20H,10H2,1-6H3/q+1. The van der Waals surface area contributed by atoms with Crippen molar-refractivity contribution in [3.8, 4) is 5.75 Å². The number of hydrogen-bond acceptors (Lipinski definition) is 5. The van der Waals surface area contributed by atoms with E-state index in [0.29, 0.717) is 5.75 Å². The van der Waals surface area contributed by atoms with Gasteiger partial charge in [-0.15, -0.1) is 0 Å². The van der Waals surface area contributed by atoms with E-state index in [4.69, 9.17) is 9.63 Å². The van der Waals surface area contributed by atoms with E-state index in [1.165, 1.54) is 0 Å². The molecule has 0 saturated carbocycles. The average Bonchev–Trinajstić information content (AvgIpc) is 2.34. The van der Waals surface area contributed by atoms with Gasteiger partial charge in [-0.2, -0.15) is 9.79 Å². The molecule has 0 bridgehead atoms. The molecule has 1 aromatic carbocycles. The Labute approximate surface area is 133 Å². The van der Waals surface area contributed by atoms with E-state index in [1.807, 2.05) is 59.7 Å². The van der Waals surface area contributed by atoms with Crippen molar-refractivity contribution in [3.63, 3.8) is 0 Å². The molecule has 0 saturated heterocycles. The molecule has 1 unspecified atom stereocenters. The summed E-state index contributed by atoms with van der Waals surface area (Å²) in [6, 6.07) is 5.65. The summed E-state index contributed by atoms with van der Waals surface area (Å²) < 4.78 is 5.48. The molecule has 22 heavy (non-hydrogen) atoms. The topological polar surface area (TPSA) is 90.2 Å². The lowest BCUT2D eigenvalue weighted by Gasteiger charge is -2.29. The van der Waals surface area contributed by atoms with E-state index in [1.54, 1.807) is 0 Å². The Morgan fingerprint density at radius 3 is 1.73 bits per heavy atom. The van der Waals surface area contributed by atoms with Crippen LogP contribution >= 0.6 is 7.94 Å². The first-order valence-corrected chi connectivity index (χ1v) is 8.95. The van der Waals surface area contributed by atoms with Gasteiger partial charge in [0.15, 0.2) is 5.75 Å². The minimum Gasteiger partial charge on any atom is -0.389 e. The zero-order valence-corrected chi connectivity index (χ0v) is 15.1. The Bertz CT molecular complexity index is 482. The predicted molar refractivity (Wildman–Crippen MR) is 88.9 cm³/mol. The molecule has 1 atom stereocenters. The third-order valence-electron chi connectivity index (χ3n) is 3.41. The van der Waals surface area contributed by atoms with Gasteiger partial charge < -0.3 is 10.2 Å². The number of hydrogen-bond donors (Lipinski definition) is 4. The molecule has 4 N–H and O–H groups in total. The van der Waals surface area contributed by atoms with E-state index >= 15 is 0 Å². The third-order valence-corrected chi connectivity index (χ3v) is 4.80. The molecule has 126 valence electrons. The molecule has 1 aromatic rings. The molecule has 0 amide bonds. The van der Waals surface area contributed by atoms with Gasteiger partial charge in [0.05, 0.1) is 0 Å². The Morgan fingerprint density at radius 1 is 1.00 bits per heavy atom. The maximum Gasteiger partial charge on any atom is 0.484 e. The summed E-state index contributed by atoms with van der Waals surface area (Å²) in [5.74, 6) is -1.35. The van der Waals surface area contributed by atoms with Crippen molar-refractivity contribution < 1.29 is 24.5 Å². The van der Waals surface area contributed by atoms with Gasteiger partial charge in [-0.25, -0.2) is 0 Å². The molecule has 0 aromatic heterocycles. The van der Waals surface area contributed by atoms with Crippen LogP contribution in [0.5, 0.6) is 5.75 Å². The maximum absolute atomic E-state index is 10.1. The lowest BCUT2D eigenvalue weighted by Crippen LogP contribution is -2.24. The molecular weight excluding hydrogens is 303 g/mol. The van der Waals surface area contributed by atoms with Crippen LogP contribution in [-0.2, 0) is 10.8 Å². The largest absolute Gasteiger partial charge is 0.484 e. The monoisotopic (exact) mass is 331 g/mol. The number of benzene rings is 1. The van der Waals surface area contributed by atoms with Crippen molar-refractivity contribution in [1.82, 2.24) is 0 Å². The van der Waals surface area contributed by atoms with Crippen LogP contribution in [-0.4, -0.2) is 32.5 Å². The Hall–Kier alpha value is -0.710. The van der Waals surface area contributed by atoms with Crippen LogP contribution in [0.15, 0.2) is 18.2 Å². The average molecular weight is 331 g/mol. The van der Waals surface area contributed by atoms with Crippen molar-refractivity contribution in [2.24, 2.45) is 0 Å². The molecule has 6 heteroatoms. The zero-order valence-electron chi connectivity index (χ0n) is 14.2. The van der Waals surface area contributed by atoms with Gasteiger partial charge in [0.2, 0.25) is 0 Å². The number of rotatable bonds is 4. The molecule has 0 aliphatic carbocycles. The fourth-order valence-electron chi connectivity index (χ4n) is 2.12. The summed E-state index contributed by atoms with van der Waals surface area (Å²) in [6.07, 6.45) is 0. The summed E-state index contributed by atoms with van der Waals surface area (Å²) in [5.41, 5.74) is 1.08. The second-order valence-corrected chi connectivity index (χ2v) is 9.48. The summed E-state index contributed by atoms with van der Waals surface area (Å²) in [6.45, 7) is 11.2. The third kappa shape index (κ3) is 4.40. The predicted octanol–water partition coefficient (Wildman–Crippen LogP) is 2.72. The van der Waals surface area contributed by atoms with Crippen LogP contribution in [0, 0.1) is 0 Å². The van der Waals surface area contributed by atoms with Crippen LogP contribution in [0.2, 0.25) is 0 Å². The van der Waals surface area contributed by atoms with Crippen LogP contribution in [0.4, 0.5) is 0 Å². The quantitative estimate of drug-likeness (QED) is 0.637. The molecular formula is C16H28O5P+. The summed E-state index contributed by atoms with van der Waals surface area (Å²) in [7, 11) is -4.14. The highest BCUT2D eigenvalue weighted by molar-refractivity contribution is 7.60. The Morgan fingerprint density at radius 2 is 1.41 bits per heavy atom. The van der Waals surface area contributed by atoms with E-state index in [2.05, 4.69) is 0 Å². The summed E-state index contributed by atoms with van der Waals surface area (Å²) in [5, 5.41) is 18.6. The SMILES string of the molecule is CC(C)(C)c1cccc(C(C)(C)C)c1O[P+](O)(O)C(O)CO. The normalized spacial score (nSPS) is 14.8. The summed E-state index contributed by atoms with van der Waals surface area (Å²) in [4.78, 5) is 20.1. The second kappa shape index (κ2) is 6.42. The van der Waals surface area contributed by atoms with Gasteiger partial charge in [-0.3, -0.25) is 4.52 Å². The Balaban J connectivity index is 3.48. The summed E-state index contributed by atoms with van der Waals surface area (Å²) >= 11 is 0. The van der Waals surface area contributed by atoms with Crippen molar-refractivity contribution >= 4 is 7.94 Å². The van der Waals surface area contributed by atoms with Gasteiger partial charge in [-0.1, -0.05) is 59.7 Å². The van der Waals surface area contributed by atoms with Crippen molar-refractivity contribution in [2.75, 3.05) is 6.61 Å². The first-order valence-electron chi connectivity index (χ1n) is 7.27. The number of aliphatic hydroxyl groups is 2. The molecule has 0 aliphatic heterocycles. The van der Waals surface area contributed by atoms with E-state index in [9.17, 15) is 14.9 Å². The second-order valence-electron chi connectivity index (χ2n) is 7.53. The molecule has 0 aliphatic rings. The lowest BCUT2D eigenvalue weighted by molar-refractivity contribution is 0.118. The van der Waals surface area contributed by atoms with Crippen molar-refractivity contribution in [1.29, 1.82) is 0 Å². The molecule has 0 fully saturated rings. The highest BCUT2D eigenvalue weighted by Gasteiger charge is 2.49. The fourth-order valence-corrected chi connectivity index (χ4v) is 2.92. The number of aliphatic hydroxyl groups excluding tert-OH is 2. The molecule has 0 spiro atoms. The maximum atomic E-state index is 10.1. The minimum atomic E-state index is -4.14. The van der Waals surface area contributed by atoms with Gasteiger partial charge in [-0.05, 0) is 10.8 Å². The zero-order chi connectivity index (χ0) is 17.3.